The van der Waals surface area contributed by atoms with E-state index in [1.807, 2.05) is 5.48 Å². The summed E-state index contributed by atoms with van der Waals surface area (Å²) in [5.41, 5.74) is 1.02. The molecule has 4 N–H and O–H groups in total. The van der Waals surface area contributed by atoms with Crippen molar-refractivity contribution in [3.05, 3.63) is 51.9 Å². The average molecular weight is 406 g/mol. The Kier molecular flexibility index (Phi) is 6.97. The second-order valence-electron chi connectivity index (χ2n) is 5.43. The van der Waals surface area contributed by atoms with Gasteiger partial charge in [-0.3, -0.25) is 9.63 Å². The topological polar surface area (TPSA) is 104 Å². The zero-order chi connectivity index (χ0) is 20.1. The van der Waals surface area contributed by atoms with Crippen molar-refractivity contribution in [1.82, 2.24) is 10.5 Å². The summed E-state index contributed by atoms with van der Waals surface area (Å²) in [5, 5.41) is 20.5. The number of carbonyl (C=O) groups excluding carboxylic acids is 1. The molecule has 0 spiro atoms. The molecule has 0 saturated heterocycles. The fourth-order valence-electron chi connectivity index (χ4n) is 2.00. The monoisotopic (exact) mass is 405 g/mol. The number of nitrogens with zero attached hydrogens (tertiary/aromatic N) is 1. The fourth-order valence-corrected chi connectivity index (χ4v) is 2.21. The Balaban J connectivity index is 2.34. The SMILES string of the molecule is Cc1cc(Cl)cnc1Nc1c(C(=O)NOC[C@H](O)CO)cc(F)c(F)c1F. The van der Waals surface area contributed by atoms with Crippen LogP contribution in [-0.2, 0) is 4.84 Å². The molecular formula is C16H15ClF3N3O4. The molecule has 2 rings (SSSR count). The lowest BCUT2D eigenvalue weighted by Gasteiger charge is -2.15. The summed E-state index contributed by atoms with van der Waals surface area (Å²) in [6, 6.07) is 1.97. The summed E-state index contributed by atoms with van der Waals surface area (Å²) in [5.74, 6) is -6.05. The molecule has 1 aromatic heterocycles. The highest BCUT2D eigenvalue weighted by Crippen LogP contribution is 2.29. The number of hydrogen-bond donors (Lipinski definition) is 4. The van der Waals surface area contributed by atoms with E-state index in [1.54, 1.807) is 6.92 Å². The molecule has 0 fully saturated rings. The molecule has 1 heterocycles. The van der Waals surface area contributed by atoms with Gasteiger partial charge in [-0.2, -0.15) is 0 Å². The molecule has 1 atom stereocenters. The van der Waals surface area contributed by atoms with Gasteiger partial charge in [0.05, 0.1) is 22.9 Å². The standard InChI is InChI=1S/C16H15ClF3N3O4/c1-7-2-8(17)4-21-15(7)22-14-10(3-11(18)12(19)13(14)20)16(26)23-27-6-9(25)5-24/h2-4,9,24-25H,5-6H2,1H3,(H,21,22)(H,23,26)/t9-/m1/s1. The number of benzene rings is 1. The van der Waals surface area contributed by atoms with Crippen LogP contribution >= 0.6 is 11.6 Å². The number of pyridine rings is 1. The van der Waals surface area contributed by atoms with E-state index in [0.717, 1.165) is 0 Å². The van der Waals surface area contributed by atoms with Gasteiger partial charge in [0.25, 0.3) is 5.91 Å². The second-order valence-corrected chi connectivity index (χ2v) is 5.87. The van der Waals surface area contributed by atoms with Gasteiger partial charge < -0.3 is 15.5 Å². The maximum absolute atomic E-state index is 14.3. The smallest absolute Gasteiger partial charge is 0.277 e. The van der Waals surface area contributed by atoms with Crippen LogP contribution in [0.15, 0.2) is 18.3 Å². The van der Waals surface area contributed by atoms with E-state index in [0.29, 0.717) is 16.7 Å². The molecule has 146 valence electrons. The average Bonchev–Trinajstić information content (AvgIpc) is 2.63. The van der Waals surface area contributed by atoms with Crippen LogP contribution < -0.4 is 10.8 Å². The van der Waals surface area contributed by atoms with Crippen LogP contribution in [0.2, 0.25) is 5.02 Å². The van der Waals surface area contributed by atoms with Crippen molar-refractivity contribution in [2.75, 3.05) is 18.5 Å². The number of aromatic nitrogens is 1. The number of hydrogen-bond acceptors (Lipinski definition) is 6. The number of anilines is 2. The number of aryl methyl sites for hydroxylation is 1. The fraction of sp³-hybridized carbons (Fsp3) is 0.250. The molecule has 1 amide bonds. The van der Waals surface area contributed by atoms with Crippen molar-refractivity contribution < 1.29 is 33.0 Å². The van der Waals surface area contributed by atoms with E-state index >= 15 is 0 Å². The maximum atomic E-state index is 14.3. The molecule has 0 bridgehead atoms. The highest BCUT2D eigenvalue weighted by Gasteiger charge is 2.24. The number of aliphatic hydroxyl groups is 2. The van der Waals surface area contributed by atoms with Crippen LogP contribution in [0.25, 0.3) is 0 Å². The lowest BCUT2D eigenvalue weighted by Crippen LogP contribution is -2.30. The van der Waals surface area contributed by atoms with Gasteiger partial charge in [0.2, 0.25) is 0 Å². The minimum Gasteiger partial charge on any atom is -0.394 e. The summed E-state index contributed by atoms with van der Waals surface area (Å²) in [6.07, 6.45) is -0.0288. The van der Waals surface area contributed by atoms with E-state index in [2.05, 4.69) is 15.1 Å². The third-order valence-corrected chi connectivity index (χ3v) is 3.55. The molecule has 11 heteroatoms. The Bertz CT molecular complexity index is 854. The van der Waals surface area contributed by atoms with Gasteiger partial charge in [-0.15, -0.1) is 0 Å². The molecule has 1 aromatic carbocycles. The zero-order valence-electron chi connectivity index (χ0n) is 13.9. The normalized spacial score (nSPS) is 12.0. The van der Waals surface area contributed by atoms with Gasteiger partial charge in [-0.1, -0.05) is 11.6 Å². The van der Waals surface area contributed by atoms with E-state index in [4.69, 9.17) is 21.8 Å². The van der Waals surface area contributed by atoms with Crippen LogP contribution in [0.4, 0.5) is 24.7 Å². The van der Waals surface area contributed by atoms with E-state index in [1.165, 1.54) is 12.3 Å². The molecule has 0 aliphatic heterocycles. The maximum Gasteiger partial charge on any atom is 0.277 e. The first-order valence-corrected chi connectivity index (χ1v) is 7.90. The number of aliphatic hydroxyl groups excluding tert-OH is 2. The lowest BCUT2D eigenvalue weighted by molar-refractivity contribution is -0.0295. The van der Waals surface area contributed by atoms with Crippen LogP contribution in [0.5, 0.6) is 0 Å². The van der Waals surface area contributed by atoms with Crippen LogP contribution in [-0.4, -0.2) is 40.4 Å². The van der Waals surface area contributed by atoms with Gasteiger partial charge in [0.1, 0.15) is 18.5 Å². The van der Waals surface area contributed by atoms with E-state index in [-0.39, 0.29) is 5.82 Å². The first-order chi connectivity index (χ1) is 12.7. The van der Waals surface area contributed by atoms with Gasteiger partial charge in [-0.05, 0) is 24.6 Å². The highest BCUT2D eigenvalue weighted by molar-refractivity contribution is 6.30. The third-order valence-electron chi connectivity index (χ3n) is 3.35. The summed E-state index contributed by atoms with van der Waals surface area (Å²) >= 11 is 5.78. The number of amides is 1. The van der Waals surface area contributed by atoms with Crippen molar-refractivity contribution in [1.29, 1.82) is 0 Å². The van der Waals surface area contributed by atoms with E-state index in [9.17, 15) is 18.0 Å². The largest absolute Gasteiger partial charge is 0.394 e. The van der Waals surface area contributed by atoms with Crippen molar-refractivity contribution in [2.45, 2.75) is 13.0 Å². The molecule has 0 aliphatic carbocycles. The second kappa shape index (κ2) is 9.00. The summed E-state index contributed by atoms with van der Waals surface area (Å²) in [6.45, 7) is 0.483. The molecule has 2 aromatic rings. The van der Waals surface area contributed by atoms with Crippen molar-refractivity contribution >= 4 is 29.0 Å². The number of hydroxylamine groups is 1. The Morgan fingerprint density at radius 1 is 1.33 bits per heavy atom. The van der Waals surface area contributed by atoms with Gasteiger partial charge in [0.15, 0.2) is 17.5 Å². The van der Waals surface area contributed by atoms with Crippen LogP contribution in [0.1, 0.15) is 15.9 Å². The third kappa shape index (κ3) is 5.07. The highest BCUT2D eigenvalue weighted by atomic mass is 35.5. The first-order valence-electron chi connectivity index (χ1n) is 7.52. The van der Waals surface area contributed by atoms with Crippen molar-refractivity contribution in [3.63, 3.8) is 0 Å². The molecular weight excluding hydrogens is 391 g/mol. The van der Waals surface area contributed by atoms with Crippen LogP contribution in [0.3, 0.4) is 0 Å². The number of halogens is 4. The Labute approximate surface area is 156 Å². The Morgan fingerprint density at radius 3 is 2.67 bits per heavy atom. The van der Waals surface area contributed by atoms with E-state index < -0.39 is 53.9 Å². The van der Waals surface area contributed by atoms with Gasteiger partial charge in [0, 0.05) is 6.20 Å². The molecule has 7 nitrogen and oxygen atoms in total. The van der Waals surface area contributed by atoms with Crippen molar-refractivity contribution in [3.8, 4) is 0 Å². The predicted molar refractivity (Wildman–Crippen MR) is 90.1 cm³/mol. The minimum absolute atomic E-state index is 0.0648. The number of nitrogens with one attached hydrogen (secondary N) is 2. The molecule has 0 saturated carbocycles. The quantitative estimate of drug-likeness (QED) is 0.416. The molecule has 0 radical (unpaired) electrons. The number of rotatable bonds is 7. The van der Waals surface area contributed by atoms with Crippen LogP contribution in [0, 0.1) is 24.4 Å². The summed E-state index contributed by atoms with van der Waals surface area (Å²) in [4.78, 5) is 20.7. The molecule has 0 unspecified atom stereocenters. The summed E-state index contributed by atoms with van der Waals surface area (Å²) < 4.78 is 41.5. The van der Waals surface area contributed by atoms with Gasteiger partial charge >= 0.3 is 0 Å². The Morgan fingerprint density at radius 2 is 2.04 bits per heavy atom. The van der Waals surface area contributed by atoms with Crippen molar-refractivity contribution in [2.24, 2.45) is 0 Å². The zero-order valence-corrected chi connectivity index (χ0v) is 14.6. The Hall–Kier alpha value is -2.40. The lowest BCUT2D eigenvalue weighted by atomic mass is 10.1. The van der Waals surface area contributed by atoms with Gasteiger partial charge in [-0.25, -0.2) is 23.6 Å². The predicted octanol–water partition coefficient (Wildman–Crippen LogP) is 2.22. The molecule has 0 aliphatic rings. The minimum atomic E-state index is -1.78. The summed E-state index contributed by atoms with van der Waals surface area (Å²) in [7, 11) is 0. The number of carbonyl (C=O) groups is 1. The first kappa shape index (κ1) is 20.9. The molecule has 27 heavy (non-hydrogen) atoms.